The number of aromatic nitrogens is 1. The first-order valence-electron chi connectivity index (χ1n) is 6.73. The van der Waals surface area contributed by atoms with E-state index in [4.69, 9.17) is 0 Å². The zero-order valence-corrected chi connectivity index (χ0v) is 11.1. The zero-order chi connectivity index (χ0) is 13.8. The van der Waals surface area contributed by atoms with Crippen molar-refractivity contribution in [3.63, 3.8) is 0 Å². The maximum atomic E-state index is 11.9. The highest BCUT2D eigenvalue weighted by molar-refractivity contribution is 5.93. The third kappa shape index (κ3) is 3.44. The van der Waals surface area contributed by atoms with Crippen LogP contribution in [0.25, 0.3) is 0 Å². The van der Waals surface area contributed by atoms with Crippen LogP contribution in [0.15, 0.2) is 17.1 Å². The molecule has 0 aromatic carbocycles. The Hall–Kier alpha value is -1.62. The first-order chi connectivity index (χ1) is 9.08. The molecule has 2 unspecified atom stereocenters. The summed E-state index contributed by atoms with van der Waals surface area (Å²) < 4.78 is 0. The fourth-order valence-corrected chi connectivity index (χ4v) is 2.50. The van der Waals surface area contributed by atoms with Crippen LogP contribution in [-0.2, 0) is 0 Å². The lowest BCUT2D eigenvalue weighted by molar-refractivity contribution is 0.0662. The van der Waals surface area contributed by atoms with E-state index < -0.39 is 0 Å². The van der Waals surface area contributed by atoms with E-state index in [2.05, 4.69) is 10.3 Å². The van der Waals surface area contributed by atoms with Crippen LogP contribution >= 0.6 is 0 Å². The van der Waals surface area contributed by atoms with Gasteiger partial charge >= 0.3 is 0 Å². The molecule has 0 aliphatic heterocycles. The van der Waals surface area contributed by atoms with Gasteiger partial charge in [-0.1, -0.05) is 12.8 Å². The Bertz CT molecular complexity index is 510. The smallest absolute Gasteiger partial charge is 0.256 e. The minimum absolute atomic E-state index is 0.0993. The third-order valence-electron chi connectivity index (χ3n) is 3.70. The van der Waals surface area contributed by atoms with Gasteiger partial charge in [0.15, 0.2) is 5.43 Å². The Morgan fingerprint density at radius 1 is 1.47 bits per heavy atom. The Morgan fingerprint density at radius 2 is 2.21 bits per heavy atom. The van der Waals surface area contributed by atoms with Crippen LogP contribution in [0.1, 0.15) is 41.7 Å². The van der Waals surface area contributed by atoms with Gasteiger partial charge in [-0.05, 0) is 19.8 Å². The van der Waals surface area contributed by atoms with Crippen molar-refractivity contribution in [2.75, 3.05) is 6.54 Å². The van der Waals surface area contributed by atoms with Gasteiger partial charge in [0.25, 0.3) is 5.91 Å². The number of carbonyl (C=O) groups excluding carboxylic acids is 1. The second-order valence-corrected chi connectivity index (χ2v) is 5.22. The molecule has 19 heavy (non-hydrogen) atoms. The van der Waals surface area contributed by atoms with Crippen LogP contribution < -0.4 is 10.7 Å². The van der Waals surface area contributed by atoms with E-state index in [1.54, 1.807) is 6.92 Å². The Kier molecular flexibility index (Phi) is 4.37. The summed E-state index contributed by atoms with van der Waals surface area (Å²) in [6, 6.07) is 1.41. The highest BCUT2D eigenvalue weighted by Gasteiger charge is 2.23. The molecule has 2 atom stereocenters. The van der Waals surface area contributed by atoms with E-state index in [9.17, 15) is 14.7 Å². The lowest BCUT2D eigenvalue weighted by Crippen LogP contribution is -2.38. The van der Waals surface area contributed by atoms with Crippen molar-refractivity contribution in [1.29, 1.82) is 0 Å². The first kappa shape index (κ1) is 13.8. The van der Waals surface area contributed by atoms with Gasteiger partial charge in [0.1, 0.15) is 5.56 Å². The normalized spacial score (nSPS) is 23.1. The van der Waals surface area contributed by atoms with Crippen LogP contribution in [0.3, 0.4) is 0 Å². The lowest BCUT2D eigenvalue weighted by atomic mass is 9.86. The number of aliphatic hydroxyl groups excluding tert-OH is 1. The van der Waals surface area contributed by atoms with Crippen molar-refractivity contribution < 1.29 is 9.90 Å². The van der Waals surface area contributed by atoms with Crippen LogP contribution in [-0.4, -0.2) is 28.6 Å². The van der Waals surface area contributed by atoms with E-state index >= 15 is 0 Å². The molecule has 3 N–H and O–H groups in total. The molecule has 0 radical (unpaired) electrons. The molecule has 1 aromatic heterocycles. The van der Waals surface area contributed by atoms with Gasteiger partial charge in [-0.2, -0.15) is 0 Å². The van der Waals surface area contributed by atoms with E-state index in [0.717, 1.165) is 31.4 Å². The molecule has 5 heteroatoms. The Labute approximate surface area is 112 Å². The summed E-state index contributed by atoms with van der Waals surface area (Å²) in [7, 11) is 0. The summed E-state index contributed by atoms with van der Waals surface area (Å²) in [6.07, 6.45) is 4.94. The number of aliphatic hydroxyl groups is 1. The second-order valence-electron chi connectivity index (χ2n) is 5.22. The fraction of sp³-hybridized carbons (Fsp3) is 0.571. The third-order valence-corrected chi connectivity index (χ3v) is 3.70. The molecule has 104 valence electrons. The fourth-order valence-electron chi connectivity index (χ4n) is 2.50. The van der Waals surface area contributed by atoms with E-state index in [1.165, 1.54) is 12.3 Å². The van der Waals surface area contributed by atoms with Crippen LogP contribution in [0.4, 0.5) is 0 Å². The van der Waals surface area contributed by atoms with E-state index in [-0.39, 0.29) is 28.9 Å². The van der Waals surface area contributed by atoms with Crippen molar-refractivity contribution in [2.24, 2.45) is 5.92 Å². The number of H-pyrrole nitrogens is 1. The summed E-state index contributed by atoms with van der Waals surface area (Å²) in [5, 5.41) is 12.6. The number of carbonyl (C=O) groups is 1. The first-order valence-corrected chi connectivity index (χ1v) is 6.73. The van der Waals surface area contributed by atoms with E-state index in [0.29, 0.717) is 6.54 Å². The van der Waals surface area contributed by atoms with Crippen LogP contribution in [0.5, 0.6) is 0 Å². The predicted octanol–water partition coefficient (Wildman–Crippen LogP) is 0.964. The Morgan fingerprint density at radius 3 is 2.89 bits per heavy atom. The number of aromatic amines is 1. The van der Waals surface area contributed by atoms with Gasteiger partial charge in [0, 0.05) is 30.4 Å². The predicted molar refractivity (Wildman–Crippen MR) is 72.1 cm³/mol. The van der Waals surface area contributed by atoms with Crippen LogP contribution in [0.2, 0.25) is 0 Å². The lowest BCUT2D eigenvalue weighted by Gasteiger charge is -2.27. The highest BCUT2D eigenvalue weighted by Crippen LogP contribution is 2.23. The van der Waals surface area contributed by atoms with Gasteiger partial charge in [-0.3, -0.25) is 9.59 Å². The minimum atomic E-state index is -0.376. The summed E-state index contributed by atoms with van der Waals surface area (Å²) in [5.74, 6) is -0.277. The quantitative estimate of drug-likeness (QED) is 0.760. The second kappa shape index (κ2) is 6.02. The number of nitrogens with one attached hydrogen (secondary N) is 2. The van der Waals surface area contributed by atoms with Crippen molar-refractivity contribution in [3.8, 4) is 0 Å². The number of hydrogen-bond donors (Lipinski definition) is 3. The van der Waals surface area contributed by atoms with Crippen LogP contribution in [0, 0.1) is 12.8 Å². The topological polar surface area (TPSA) is 82.2 Å². The molecule has 1 aliphatic rings. The summed E-state index contributed by atoms with van der Waals surface area (Å²) in [5.41, 5.74) is 0.568. The minimum Gasteiger partial charge on any atom is -0.393 e. The molecule has 1 heterocycles. The molecular formula is C14H20N2O3. The largest absolute Gasteiger partial charge is 0.393 e. The zero-order valence-electron chi connectivity index (χ0n) is 11.1. The molecular weight excluding hydrogens is 244 g/mol. The molecule has 1 amide bonds. The van der Waals surface area contributed by atoms with Crippen molar-refractivity contribution in [2.45, 2.75) is 38.7 Å². The van der Waals surface area contributed by atoms with Crippen molar-refractivity contribution in [3.05, 3.63) is 33.7 Å². The maximum absolute atomic E-state index is 11.9. The average molecular weight is 264 g/mol. The molecule has 0 bridgehead atoms. The molecule has 1 aromatic rings. The molecule has 0 saturated heterocycles. The van der Waals surface area contributed by atoms with Crippen molar-refractivity contribution >= 4 is 5.91 Å². The monoisotopic (exact) mass is 264 g/mol. The number of pyridine rings is 1. The maximum Gasteiger partial charge on any atom is 0.256 e. The van der Waals surface area contributed by atoms with Gasteiger partial charge in [-0.15, -0.1) is 0 Å². The summed E-state index contributed by atoms with van der Waals surface area (Å²) in [4.78, 5) is 26.4. The molecule has 2 rings (SSSR count). The Balaban J connectivity index is 1.95. The summed E-state index contributed by atoms with van der Waals surface area (Å²) in [6.45, 7) is 2.19. The number of amides is 1. The average Bonchev–Trinajstić information content (AvgIpc) is 2.37. The molecule has 0 spiro atoms. The number of aryl methyl sites for hydroxylation is 1. The molecule has 1 aliphatic carbocycles. The van der Waals surface area contributed by atoms with Gasteiger partial charge in [-0.25, -0.2) is 0 Å². The summed E-state index contributed by atoms with van der Waals surface area (Å²) >= 11 is 0. The van der Waals surface area contributed by atoms with Gasteiger partial charge in [0.05, 0.1) is 6.10 Å². The number of rotatable bonds is 3. The molecule has 1 fully saturated rings. The highest BCUT2D eigenvalue weighted by atomic mass is 16.3. The molecule has 1 saturated carbocycles. The SMILES string of the molecule is Cc1cc(=O)c(C(=O)NCC2CCCCC2O)c[nH]1. The van der Waals surface area contributed by atoms with Crippen molar-refractivity contribution in [1.82, 2.24) is 10.3 Å². The van der Waals surface area contributed by atoms with E-state index in [1.807, 2.05) is 0 Å². The molecule has 5 nitrogen and oxygen atoms in total. The standard InChI is InChI=1S/C14H20N2O3/c1-9-6-13(18)11(8-15-9)14(19)16-7-10-4-2-3-5-12(10)17/h6,8,10,12,17H,2-5,7H2,1H3,(H,15,18)(H,16,19). The van der Waals surface area contributed by atoms with Gasteiger partial charge in [0.2, 0.25) is 0 Å². The number of hydrogen-bond acceptors (Lipinski definition) is 3. The van der Waals surface area contributed by atoms with Gasteiger partial charge < -0.3 is 15.4 Å².